The molecule has 0 saturated heterocycles. The van der Waals surface area contributed by atoms with Gasteiger partial charge in [0, 0.05) is 4.20 Å². The molecule has 86 valence electrons. The molecule has 0 fully saturated rings. The van der Waals surface area contributed by atoms with Crippen LogP contribution in [-0.2, 0) is 0 Å². The Labute approximate surface area is 101 Å². The number of nitrogens with zero attached hydrogens (tertiary/aromatic N) is 1. The first kappa shape index (κ1) is 16.8. The summed E-state index contributed by atoms with van der Waals surface area (Å²) in [6.45, 7) is 12.3. The third-order valence-electron chi connectivity index (χ3n) is 2.09. The molecule has 0 spiro atoms. The summed E-state index contributed by atoms with van der Waals surface area (Å²) in [6.07, 6.45) is 3.39. The summed E-state index contributed by atoms with van der Waals surface area (Å²) in [5, 5.41) is 0. The van der Waals surface area contributed by atoms with Gasteiger partial charge in [-0.3, -0.25) is 0 Å². The molecule has 0 heterocycles. The SMILES string of the molecule is CCCCC(=S)S.CCN(CC)CC. The van der Waals surface area contributed by atoms with Gasteiger partial charge in [0.25, 0.3) is 0 Å². The Balaban J connectivity index is 0. The van der Waals surface area contributed by atoms with Crippen LogP contribution in [0.15, 0.2) is 0 Å². The average Bonchev–Trinajstić information content (AvgIpc) is 2.18. The van der Waals surface area contributed by atoms with Crippen molar-refractivity contribution in [2.45, 2.75) is 47.0 Å². The van der Waals surface area contributed by atoms with Crippen molar-refractivity contribution in [3.63, 3.8) is 0 Å². The molecular formula is C11H25NS2. The van der Waals surface area contributed by atoms with E-state index in [-0.39, 0.29) is 0 Å². The van der Waals surface area contributed by atoms with Gasteiger partial charge in [-0.15, -0.1) is 12.6 Å². The second kappa shape index (κ2) is 13.4. The lowest BCUT2D eigenvalue weighted by atomic mass is 10.3. The lowest BCUT2D eigenvalue weighted by Gasteiger charge is -2.13. The molecule has 0 aliphatic carbocycles. The molecule has 14 heavy (non-hydrogen) atoms. The monoisotopic (exact) mass is 235 g/mol. The van der Waals surface area contributed by atoms with E-state index in [1.54, 1.807) is 0 Å². The van der Waals surface area contributed by atoms with Crippen molar-refractivity contribution in [3.05, 3.63) is 0 Å². The molecule has 0 aromatic carbocycles. The first-order chi connectivity index (χ1) is 6.62. The summed E-state index contributed by atoms with van der Waals surface area (Å²) in [6, 6.07) is 0. The van der Waals surface area contributed by atoms with Crippen LogP contribution in [0.4, 0.5) is 0 Å². The first-order valence-corrected chi connectivity index (χ1v) is 6.41. The fourth-order valence-corrected chi connectivity index (χ4v) is 1.30. The van der Waals surface area contributed by atoms with Gasteiger partial charge in [-0.1, -0.05) is 46.3 Å². The Morgan fingerprint density at radius 1 is 1.07 bits per heavy atom. The van der Waals surface area contributed by atoms with Crippen LogP contribution in [0.25, 0.3) is 0 Å². The topological polar surface area (TPSA) is 3.24 Å². The van der Waals surface area contributed by atoms with Crippen molar-refractivity contribution in [1.82, 2.24) is 4.90 Å². The number of thiol groups is 1. The molecule has 0 aromatic heterocycles. The highest BCUT2D eigenvalue weighted by Gasteiger charge is 1.89. The van der Waals surface area contributed by atoms with Crippen LogP contribution >= 0.6 is 24.8 Å². The van der Waals surface area contributed by atoms with Gasteiger partial charge in [0.05, 0.1) is 0 Å². The summed E-state index contributed by atoms with van der Waals surface area (Å²) in [5.41, 5.74) is 0. The Kier molecular flexibility index (Phi) is 16.1. The van der Waals surface area contributed by atoms with Crippen LogP contribution in [0, 0.1) is 0 Å². The minimum absolute atomic E-state index is 0.835. The zero-order valence-corrected chi connectivity index (χ0v) is 11.8. The summed E-state index contributed by atoms with van der Waals surface area (Å²) in [5.74, 6) is 0. The van der Waals surface area contributed by atoms with Gasteiger partial charge in [0.1, 0.15) is 0 Å². The summed E-state index contributed by atoms with van der Waals surface area (Å²) in [7, 11) is 0. The van der Waals surface area contributed by atoms with Crippen LogP contribution in [0.3, 0.4) is 0 Å². The van der Waals surface area contributed by atoms with E-state index in [2.05, 4.69) is 45.2 Å². The van der Waals surface area contributed by atoms with E-state index < -0.39 is 0 Å². The van der Waals surface area contributed by atoms with Crippen molar-refractivity contribution in [2.24, 2.45) is 0 Å². The van der Waals surface area contributed by atoms with E-state index in [0.717, 1.165) is 10.6 Å². The van der Waals surface area contributed by atoms with Gasteiger partial charge in [-0.05, 0) is 32.5 Å². The zero-order valence-electron chi connectivity index (χ0n) is 10.0. The minimum Gasteiger partial charge on any atom is -0.304 e. The highest BCUT2D eigenvalue weighted by atomic mass is 32.1. The molecular weight excluding hydrogens is 210 g/mol. The molecule has 0 amide bonds. The van der Waals surface area contributed by atoms with Crippen LogP contribution < -0.4 is 0 Å². The standard InChI is InChI=1S/C6H15N.C5H10S2/c1-4-7(5-2)6-3;1-2-3-4-5(6)7/h4-6H2,1-3H3;2-4H2,1H3,(H,6,7). The van der Waals surface area contributed by atoms with Gasteiger partial charge in [0.2, 0.25) is 0 Å². The third-order valence-corrected chi connectivity index (χ3v) is 2.51. The van der Waals surface area contributed by atoms with E-state index in [1.807, 2.05) is 0 Å². The zero-order chi connectivity index (χ0) is 11.4. The molecule has 0 aliphatic rings. The predicted octanol–water partition coefficient (Wildman–Crippen LogP) is 3.78. The number of hydrogen-bond acceptors (Lipinski definition) is 2. The number of unbranched alkanes of at least 4 members (excludes halogenated alkanes) is 1. The third kappa shape index (κ3) is 14.9. The molecule has 0 unspecified atom stereocenters. The molecule has 0 atom stereocenters. The summed E-state index contributed by atoms with van der Waals surface area (Å²) >= 11 is 8.69. The molecule has 0 aromatic rings. The second-order valence-corrected chi connectivity index (χ2v) is 4.45. The maximum Gasteiger partial charge on any atom is 0.0448 e. The van der Waals surface area contributed by atoms with Crippen molar-refractivity contribution in [2.75, 3.05) is 19.6 Å². The lowest BCUT2D eigenvalue weighted by Crippen LogP contribution is -2.21. The quantitative estimate of drug-likeness (QED) is 0.551. The predicted molar refractivity (Wildman–Crippen MR) is 74.6 cm³/mol. The maximum absolute atomic E-state index is 4.73. The number of thiocarbonyl (C=S) groups is 1. The van der Waals surface area contributed by atoms with E-state index in [0.29, 0.717) is 0 Å². The van der Waals surface area contributed by atoms with Gasteiger partial charge in [-0.25, -0.2) is 0 Å². The fraction of sp³-hybridized carbons (Fsp3) is 0.909. The van der Waals surface area contributed by atoms with Crippen molar-refractivity contribution < 1.29 is 0 Å². The van der Waals surface area contributed by atoms with Crippen LogP contribution in [0.2, 0.25) is 0 Å². The van der Waals surface area contributed by atoms with Gasteiger partial charge >= 0.3 is 0 Å². The van der Waals surface area contributed by atoms with E-state index in [4.69, 9.17) is 12.2 Å². The molecule has 0 rings (SSSR count). The molecule has 1 nitrogen and oxygen atoms in total. The minimum atomic E-state index is 0.835. The van der Waals surface area contributed by atoms with Crippen molar-refractivity contribution in [1.29, 1.82) is 0 Å². The van der Waals surface area contributed by atoms with Crippen LogP contribution in [-0.4, -0.2) is 28.7 Å². The Bertz CT molecular complexity index is 117. The highest BCUT2D eigenvalue weighted by Crippen LogP contribution is 1.98. The average molecular weight is 235 g/mol. The molecule has 0 saturated carbocycles. The Morgan fingerprint density at radius 3 is 1.57 bits per heavy atom. The van der Waals surface area contributed by atoms with Crippen molar-refractivity contribution in [3.8, 4) is 0 Å². The summed E-state index contributed by atoms with van der Waals surface area (Å²) < 4.78 is 0.835. The van der Waals surface area contributed by atoms with Gasteiger partial charge in [0.15, 0.2) is 0 Å². The lowest BCUT2D eigenvalue weighted by molar-refractivity contribution is 0.321. The van der Waals surface area contributed by atoms with E-state index in [1.165, 1.54) is 32.5 Å². The number of rotatable bonds is 6. The van der Waals surface area contributed by atoms with Gasteiger partial charge in [-0.2, -0.15) is 0 Å². The van der Waals surface area contributed by atoms with Crippen LogP contribution in [0.1, 0.15) is 47.0 Å². The maximum atomic E-state index is 4.73. The molecule has 0 bridgehead atoms. The summed E-state index contributed by atoms with van der Waals surface area (Å²) in [4.78, 5) is 2.38. The number of hydrogen-bond donors (Lipinski definition) is 1. The normalized spacial score (nSPS) is 9.57. The first-order valence-electron chi connectivity index (χ1n) is 5.56. The van der Waals surface area contributed by atoms with Crippen molar-refractivity contribution >= 4 is 29.0 Å². The highest BCUT2D eigenvalue weighted by molar-refractivity contribution is 8.11. The van der Waals surface area contributed by atoms with Gasteiger partial charge < -0.3 is 4.90 Å². The largest absolute Gasteiger partial charge is 0.304 e. The Morgan fingerprint density at radius 2 is 1.50 bits per heavy atom. The molecule has 0 N–H and O–H groups in total. The molecule has 3 heteroatoms. The van der Waals surface area contributed by atoms with E-state index in [9.17, 15) is 0 Å². The van der Waals surface area contributed by atoms with Crippen LogP contribution in [0.5, 0.6) is 0 Å². The fourth-order valence-electron chi connectivity index (χ4n) is 0.999. The second-order valence-electron chi connectivity index (χ2n) is 3.12. The molecule has 0 aliphatic heterocycles. The smallest absolute Gasteiger partial charge is 0.0448 e. The Hall–Kier alpha value is 0.400. The molecule has 0 radical (unpaired) electrons. The van der Waals surface area contributed by atoms with E-state index >= 15 is 0 Å².